The molecule has 0 spiro atoms. The lowest BCUT2D eigenvalue weighted by Gasteiger charge is -2.37. The minimum atomic E-state index is 0.122. The van der Waals surface area contributed by atoms with E-state index in [4.69, 9.17) is 0 Å². The molecule has 6 heteroatoms. The average Bonchev–Trinajstić information content (AvgIpc) is 2.49. The predicted octanol–water partition coefficient (Wildman–Crippen LogP) is 1.09. The van der Waals surface area contributed by atoms with E-state index in [1.807, 2.05) is 5.38 Å². The summed E-state index contributed by atoms with van der Waals surface area (Å²) >= 11 is 4.90. The maximum atomic E-state index is 11.2. The molecule has 0 saturated carbocycles. The van der Waals surface area contributed by atoms with Gasteiger partial charge in [0.15, 0.2) is 5.13 Å². The number of carbonyl (C=O) groups excluding carboxylic acids is 1. The Morgan fingerprint density at radius 2 is 2.50 bits per heavy atom. The zero-order valence-electron chi connectivity index (χ0n) is 7.66. The van der Waals surface area contributed by atoms with Crippen molar-refractivity contribution in [2.75, 3.05) is 25.0 Å². The molecular weight excluding hydrogens is 266 g/mol. The second-order valence-electron chi connectivity index (χ2n) is 3.17. The zero-order chi connectivity index (χ0) is 10.1. The Morgan fingerprint density at radius 3 is 3.00 bits per heavy atom. The van der Waals surface area contributed by atoms with Crippen LogP contribution in [-0.2, 0) is 4.79 Å². The SMILES string of the molecule is CNC(=O)C1CN(c2nc(Br)cs2)C1. The molecule has 14 heavy (non-hydrogen) atoms. The molecule has 2 rings (SSSR count). The molecule has 0 radical (unpaired) electrons. The van der Waals surface area contributed by atoms with Crippen molar-refractivity contribution in [2.45, 2.75) is 0 Å². The van der Waals surface area contributed by atoms with Gasteiger partial charge in [0.1, 0.15) is 4.60 Å². The monoisotopic (exact) mass is 275 g/mol. The van der Waals surface area contributed by atoms with Crippen molar-refractivity contribution in [3.05, 3.63) is 9.98 Å². The van der Waals surface area contributed by atoms with E-state index < -0.39 is 0 Å². The van der Waals surface area contributed by atoms with Crippen LogP contribution in [0.15, 0.2) is 9.98 Å². The summed E-state index contributed by atoms with van der Waals surface area (Å²) in [5.74, 6) is 0.250. The summed E-state index contributed by atoms with van der Waals surface area (Å²) < 4.78 is 0.862. The number of aromatic nitrogens is 1. The number of anilines is 1. The second kappa shape index (κ2) is 3.86. The third-order valence-electron chi connectivity index (χ3n) is 2.23. The van der Waals surface area contributed by atoms with Gasteiger partial charge in [-0.05, 0) is 15.9 Å². The van der Waals surface area contributed by atoms with E-state index in [0.29, 0.717) is 0 Å². The van der Waals surface area contributed by atoms with Crippen molar-refractivity contribution >= 4 is 38.3 Å². The smallest absolute Gasteiger partial charge is 0.226 e. The number of amides is 1. The minimum Gasteiger partial charge on any atom is -0.359 e. The molecule has 0 bridgehead atoms. The van der Waals surface area contributed by atoms with Crippen LogP contribution in [-0.4, -0.2) is 31.0 Å². The number of carbonyl (C=O) groups is 1. The molecular formula is C8H10BrN3OS. The number of thiazole rings is 1. The van der Waals surface area contributed by atoms with Gasteiger partial charge in [-0.2, -0.15) is 0 Å². The van der Waals surface area contributed by atoms with Gasteiger partial charge in [0.2, 0.25) is 5.91 Å². The Bertz CT molecular complexity index is 348. The molecule has 1 aliphatic heterocycles. The van der Waals surface area contributed by atoms with Crippen LogP contribution in [0.1, 0.15) is 0 Å². The summed E-state index contributed by atoms with van der Waals surface area (Å²) in [5, 5.41) is 5.58. The molecule has 0 unspecified atom stereocenters. The Hall–Kier alpha value is -0.620. The van der Waals surface area contributed by atoms with Gasteiger partial charge in [0, 0.05) is 25.5 Å². The largest absolute Gasteiger partial charge is 0.359 e. The number of nitrogens with one attached hydrogen (secondary N) is 1. The van der Waals surface area contributed by atoms with E-state index in [0.717, 1.165) is 22.8 Å². The Morgan fingerprint density at radius 1 is 1.79 bits per heavy atom. The zero-order valence-corrected chi connectivity index (χ0v) is 10.1. The van der Waals surface area contributed by atoms with Gasteiger partial charge in [-0.15, -0.1) is 11.3 Å². The molecule has 0 aliphatic carbocycles. The Balaban J connectivity index is 1.92. The molecule has 1 aromatic heterocycles. The molecule has 2 heterocycles. The molecule has 1 saturated heterocycles. The fraction of sp³-hybridized carbons (Fsp3) is 0.500. The summed E-state index contributed by atoms with van der Waals surface area (Å²) in [6.45, 7) is 1.55. The van der Waals surface area contributed by atoms with Crippen molar-refractivity contribution in [1.82, 2.24) is 10.3 Å². The van der Waals surface area contributed by atoms with Crippen LogP contribution in [0.25, 0.3) is 0 Å². The highest BCUT2D eigenvalue weighted by Gasteiger charge is 2.33. The lowest BCUT2D eigenvalue weighted by atomic mass is 10.0. The number of hydrogen-bond acceptors (Lipinski definition) is 4. The van der Waals surface area contributed by atoms with Gasteiger partial charge in [0.25, 0.3) is 0 Å². The highest BCUT2D eigenvalue weighted by molar-refractivity contribution is 9.10. The number of rotatable bonds is 2. The van der Waals surface area contributed by atoms with Gasteiger partial charge in [0.05, 0.1) is 5.92 Å². The summed E-state index contributed by atoms with van der Waals surface area (Å²) in [5.41, 5.74) is 0. The Labute approximate surface area is 94.4 Å². The molecule has 76 valence electrons. The second-order valence-corrected chi connectivity index (χ2v) is 4.82. The Kier molecular flexibility index (Phi) is 2.73. The normalized spacial score (nSPS) is 16.6. The maximum absolute atomic E-state index is 11.2. The van der Waals surface area contributed by atoms with E-state index in [-0.39, 0.29) is 11.8 Å². The molecule has 4 nitrogen and oxygen atoms in total. The van der Waals surface area contributed by atoms with Gasteiger partial charge in [-0.3, -0.25) is 4.79 Å². The maximum Gasteiger partial charge on any atom is 0.226 e. The molecule has 1 aromatic rings. The summed E-state index contributed by atoms with van der Waals surface area (Å²) in [7, 11) is 1.67. The first-order chi connectivity index (χ1) is 6.70. The number of nitrogens with zero attached hydrogens (tertiary/aromatic N) is 2. The van der Waals surface area contributed by atoms with Crippen LogP contribution in [0.2, 0.25) is 0 Å². The van der Waals surface area contributed by atoms with Crippen molar-refractivity contribution in [2.24, 2.45) is 5.92 Å². The van der Waals surface area contributed by atoms with E-state index in [2.05, 4.69) is 31.1 Å². The van der Waals surface area contributed by atoms with Crippen LogP contribution in [0.4, 0.5) is 5.13 Å². The fourth-order valence-electron chi connectivity index (χ4n) is 1.40. The minimum absolute atomic E-state index is 0.122. The van der Waals surface area contributed by atoms with Gasteiger partial charge >= 0.3 is 0 Å². The quantitative estimate of drug-likeness (QED) is 0.879. The third-order valence-corrected chi connectivity index (χ3v) is 3.84. The highest BCUT2D eigenvalue weighted by atomic mass is 79.9. The lowest BCUT2D eigenvalue weighted by molar-refractivity contribution is -0.125. The van der Waals surface area contributed by atoms with E-state index in [9.17, 15) is 4.79 Å². The van der Waals surface area contributed by atoms with Crippen LogP contribution in [0.5, 0.6) is 0 Å². The molecule has 0 aromatic carbocycles. The van der Waals surface area contributed by atoms with Gasteiger partial charge in [-0.25, -0.2) is 4.98 Å². The van der Waals surface area contributed by atoms with E-state index in [1.165, 1.54) is 0 Å². The fourth-order valence-corrected chi connectivity index (χ4v) is 2.67. The number of hydrogen-bond donors (Lipinski definition) is 1. The molecule has 1 aliphatic rings. The van der Waals surface area contributed by atoms with Crippen LogP contribution < -0.4 is 10.2 Å². The lowest BCUT2D eigenvalue weighted by Crippen LogP contribution is -2.53. The molecule has 1 amide bonds. The van der Waals surface area contributed by atoms with Crippen LogP contribution >= 0.6 is 27.3 Å². The van der Waals surface area contributed by atoms with Crippen molar-refractivity contribution in [3.8, 4) is 0 Å². The molecule has 1 fully saturated rings. The van der Waals surface area contributed by atoms with E-state index in [1.54, 1.807) is 18.4 Å². The summed E-state index contributed by atoms with van der Waals surface area (Å²) in [4.78, 5) is 17.6. The molecule has 1 N–H and O–H groups in total. The average molecular weight is 276 g/mol. The van der Waals surface area contributed by atoms with Crippen molar-refractivity contribution < 1.29 is 4.79 Å². The van der Waals surface area contributed by atoms with Crippen molar-refractivity contribution in [1.29, 1.82) is 0 Å². The summed E-state index contributed by atoms with van der Waals surface area (Å²) in [6.07, 6.45) is 0. The van der Waals surface area contributed by atoms with Gasteiger partial charge < -0.3 is 10.2 Å². The van der Waals surface area contributed by atoms with Crippen LogP contribution in [0, 0.1) is 5.92 Å². The van der Waals surface area contributed by atoms with Gasteiger partial charge in [-0.1, -0.05) is 0 Å². The predicted molar refractivity (Wildman–Crippen MR) is 59.6 cm³/mol. The van der Waals surface area contributed by atoms with Crippen LogP contribution in [0.3, 0.4) is 0 Å². The third kappa shape index (κ3) is 1.76. The first-order valence-electron chi connectivity index (χ1n) is 4.28. The van der Waals surface area contributed by atoms with E-state index >= 15 is 0 Å². The molecule has 0 atom stereocenters. The van der Waals surface area contributed by atoms with Crippen molar-refractivity contribution in [3.63, 3.8) is 0 Å². The summed E-state index contributed by atoms with van der Waals surface area (Å²) in [6, 6.07) is 0. The first kappa shape index (κ1) is 9.92. The number of halogens is 1. The first-order valence-corrected chi connectivity index (χ1v) is 5.95. The standard InChI is InChI=1S/C8H10BrN3OS/c1-10-7(13)5-2-12(3-5)8-11-6(9)4-14-8/h4-5H,2-3H2,1H3,(H,10,13). The topological polar surface area (TPSA) is 45.2 Å². The highest BCUT2D eigenvalue weighted by Crippen LogP contribution is 2.29.